The maximum atomic E-state index is 13.1. The molecule has 78 valence electrons. The summed E-state index contributed by atoms with van der Waals surface area (Å²) < 4.78 is 13.5. The number of nitrogens with zero attached hydrogens (tertiary/aromatic N) is 2. The fraction of sp³-hybridized carbons (Fsp3) is 0.125. The van der Waals surface area contributed by atoms with Crippen LogP contribution in [-0.2, 0) is 4.79 Å². The molecule has 2 heterocycles. The second-order valence-electron chi connectivity index (χ2n) is 2.77. The van der Waals surface area contributed by atoms with Crippen molar-refractivity contribution in [1.82, 2.24) is 9.55 Å². The van der Waals surface area contributed by atoms with Crippen LogP contribution in [0.25, 0.3) is 10.2 Å². The molecule has 0 bridgehead atoms. The molecule has 0 fully saturated rings. The lowest BCUT2D eigenvalue weighted by molar-refractivity contribution is -0.146. The smallest absolute Gasteiger partial charge is 0.360 e. The van der Waals surface area contributed by atoms with E-state index in [9.17, 15) is 14.0 Å². The van der Waals surface area contributed by atoms with Gasteiger partial charge in [-0.25, -0.2) is 14.2 Å². The number of halogens is 1. The Morgan fingerprint density at radius 2 is 2.40 bits per heavy atom. The van der Waals surface area contributed by atoms with Crippen LogP contribution >= 0.6 is 11.3 Å². The summed E-state index contributed by atoms with van der Waals surface area (Å²) >= 11 is 1.24. The molecule has 7 heteroatoms. The van der Waals surface area contributed by atoms with Gasteiger partial charge in [-0.15, -0.1) is 11.3 Å². The van der Waals surface area contributed by atoms with Crippen LogP contribution in [-0.4, -0.2) is 20.6 Å². The zero-order valence-electron chi connectivity index (χ0n) is 7.25. The van der Waals surface area contributed by atoms with Gasteiger partial charge < -0.3 is 5.11 Å². The Bertz CT molecular complexity index is 577. The molecule has 1 atom stereocenters. The normalized spacial score (nSPS) is 12.9. The number of thiophene rings is 1. The number of hydrogen-bond acceptors (Lipinski definition) is 4. The van der Waals surface area contributed by atoms with E-state index in [0.717, 1.165) is 6.33 Å². The number of fused-ring (bicyclic) bond motifs is 1. The van der Waals surface area contributed by atoms with Gasteiger partial charge in [0.05, 0.1) is 5.39 Å². The Hall–Kier alpha value is -1.76. The van der Waals surface area contributed by atoms with Crippen molar-refractivity contribution >= 4 is 27.5 Å². The van der Waals surface area contributed by atoms with Crippen LogP contribution in [0.4, 0.5) is 4.39 Å². The number of hydrogen-bond donors (Lipinski definition) is 1. The van der Waals surface area contributed by atoms with Crippen LogP contribution in [0.15, 0.2) is 22.6 Å². The van der Waals surface area contributed by atoms with Gasteiger partial charge >= 0.3 is 5.97 Å². The maximum absolute atomic E-state index is 13.1. The predicted octanol–water partition coefficient (Wildman–Crippen LogP) is 1.01. The molecular formula is C8H5FN2O3S. The molecule has 1 N–H and O–H groups in total. The Kier molecular flexibility index (Phi) is 2.24. The number of carboxylic acid groups (broad SMARTS) is 1. The van der Waals surface area contributed by atoms with E-state index >= 15 is 0 Å². The summed E-state index contributed by atoms with van der Waals surface area (Å²) in [4.78, 5) is 26.2. The summed E-state index contributed by atoms with van der Waals surface area (Å²) in [6, 6.07) is 1.49. The van der Waals surface area contributed by atoms with E-state index in [1.807, 2.05) is 0 Å². The van der Waals surface area contributed by atoms with E-state index < -0.39 is 17.8 Å². The van der Waals surface area contributed by atoms with Crippen LogP contribution in [0, 0.1) is 0 Å². The first kappa shape index (κ1) is 9.78. The quantitative estimate of drug-likeness (QED) is 0.832. The SMILES string of the molecule is O=C(O)C(F)n1cnc2sccc2c1=O. The summed E-state index contributed by atoms with van der Waals surface area (Å²) in [5.41, 5.74) is -0.684. The van der Waals surface area contributed by atoms with Gasteiger partial charge in [0.2, 0.25) is 0 Å². The van der Waals surface area contributed by atoms with Crippen molar-refractivity contribution in [3.05, 3.63) is 28.1 Å². The zero-order chi connectivity index (χ0) is 11.0. The van der Waals surface area contributed by atoms with Gasteiger partial charge in [0, 0.05) is 0 Å². The van der Waals surface area contributed by atoms with Crippen molar-refractivity contribution in [2.75, 3.05) is 0 Å². The summed E-state index contributed by atoms with van der Waals surface area (Å²) in [7, 11) is 0. The molecule has 1 unspecified atom stereocenters. The van der Waals surface area contributed by atoms with Crippen molar-refractivity contribution in [2.45, 2.75) is 6.30 Å². The van der Waals surface area contributed by atoms with Gasteiger partial charge in [-0.3, -0.25) is 9.36 Å². The van der Waals surface area contributed by atoms with Crippen molar-refractivity contribution in [1.29, 1.82) is 0 Å². The predicted molar refractivity (Wildman–Crippen MR) is 51.7 cm³/mol. The Balaban J connectivity index is 2.67. The fourth-order valence-electron chi connectivity index (χ4n) is 1.15. The highest BCUT2D eigenvalue weighted by molar-refractivity contribution is 7.16. The first-order valence-electron chi connectivity index (χ1n) is 3.92. The highest BCUT2D eigenvalue weighted by atomic mass is 32.1. The fourth-order valence-corrected chi connectivity index (χ4v) is 1.87. The van der Waals surface area contributed by atoms with Gasteiger partial charge in [0.15, 0.2) is 0 Å². The summed E-state index contributed by atoms with van der Waals surface area (Å²) in [6.45, 7) is 0. The lowest BCUT2D eigenvalue weighted by atomic mass is 10.4. The van der Waals surface area contributed by atoms with Crippen LogP contribution < -0.4 is 5.56 Å². The third-order valence-electron chi connectivity index (χ3n) is 1.86. The van der Waals surface area contributed by atoms with Crippen molar-refractivity contribution in [2.24, 2.45) is 0 Å². The Labute approximate surface area is 86.4 Å². The molecule has 5 nitrogen and oxygen atoms in total. The molecule has 0 aliphatic carbocycles. The monoisotopic (exact) mass is 228 g/mol. The number of carboxylic acids is 1. The summed E-state index contributed by atoms with van der Waals surface area (Å²) in [6.07, 6.45) is -1.49. The molecule has 0 aliphatic rings. The highest BCUT2D eigenvalue weighted by Crippen LogP contribution is 2.15. The van der Waals surface area contributed by atoms with Crippen molar-refractivity contribution in [3.8, 4) is 0 Å². The Morgan fingerprint density at radius 3 is 3.07 bits per heavy atom. The third kappa shape index (κ3) is 1.50. The number of aliphatic carboxylic acids is 1. The molecule has 0 amide bonds. The second kappa shape index (κ2) is 3.43. The van der Waals surface area contributed by atoms with Gasteiger partial charge in [-0.05, 0) is 11.4 Å². The van der Waals surface area contributed by atoms with Gasteiger partial charge in [0.1, 0.15) is 11.2 Å². The minimum atomic E-state index is -2.39. The molecule has 0 radical (unpaired) electrons. The van der Waals surface area contributed by atoms with Crippen molar-refractivity contribution in [3.63, 3.8) is 0 Å². The number of aromatic nitrogens is 2. The number of rotatable bonds is 2. The van der Waals surface area contributed by atoms with E-state index in [0.29, 0.717) is 9.40 Å². The van der Waals surface area contributed by atoms with Gasteiger partial charge in [-0.2, -0.15) is 0 Å². The molecule has 0 aromatic carbocycles. The highest BCUT2D eigenvalue weighted by Gasteiger charge is 2.20. The van der Waals surface area contributed by atoms with E-state index in [1.165, 1.54) is 17.4 Å². The van der Waals surface area contributed by atoms with E-state index in [2.05, 4.69) is 4.98 Å². The molecule has 0 aliphatic heterocycles. The maximum Gasteiger partial charge on any atom is 0.360 e. The van der Waals surface area contributed by atoms with Gasteiger partial charge in [0.25, 0.3) is 11.9 Å². The van der Waals surface area contributed by atoms with E-state index in [4.69, 9.17) is 5.11 Å². The lowest BCUT2D eigenvalue weighted by Gasteiger charge is -2.05. The van der Waals surface area contributed by atoms with Crippen molar-refractivity contribution < 1.29 is 14.3 Å². The third-order valence-corrected chi connectivity index (χ3v) is 2.68. The first-order chi connectivity index (χ1) is 7.11. The second-order valence-corrected chi connectivity index (χ2v) is 3.67. The summed E-state index contributed by atoms with van der Waals surface area (Å²) in [5.74, 6) is -1.71. The van der Waals surface area contributed by atoms with Gasteiger partial charge in [-0.1, -0.05) is 0 Å². The molecule has 2 aromatic heterocycles. The topological polar surface area (TPSA) is 72.2 Å². The molecule has 15 heavy (non-hydrogen) atoms. The first-order valence-corrected chi connectivity index (χ1v) is 4.80. The molecule has 0 saturated carbocycles. The lowest BCUT2D eigenvalue weighted by Crippen LogP contribution is -2.27. The average Bonchev–Trinajstić information content (AvgIpc) is 2.66. The number of carbonyl (C=O) groups is 1. The van der Waals surface area contributed by atoms with E-state index in [-0.39, 0.29) is 5.39 Å². The molecule has 0 spiro atoms. The Morgan fingerprint density at radius 1 is 1.67 bits per heavy atom. The summed E-state index contributed by atoms with van der Waals surface area (Å²) in [5, 5.41) is 10.3. The zero-order valence-corrected chi connectivity index (χ0v) is 8.07. The molecule has 2 rings (SSSR count). The minimum Gasteiger partial charge on any atom is -0.478 e. The standard InChI is InChI=1S/C8H5FN2O3S/c9-5(8(13)14)11-3-10-6-4(7(11)12)1-2-15-6/h1-3,5H,(H,13,14). The number of alkyl halides is 1. The van der Waals surface area contributed by atoms with Crippen LogP contribution in [0.5, 0.6) is 0 Å². The molecule has 0 saturated heterocycles. The molecule has 2 aromatic rings. The molecular weight excluding hydrogens is 223 g/mol. The minimum absolute atomic E-state index is 0.228. The average molecular weight is 228 g/mol. The van der Waals surface area contributed by atoms with Crippen LogP contribution in [0.2, 0.25) is 0 Å². The van der Waals surface area contributed by atoms with Crippen LogP contribution in [0.3, 0.4) is 0 Å². The van der Waals surface area contributed by atoms with E-state index in [1.54, 1.807) is 5.38 Å². The van der Waals surface area contributed by atoms with Crippen LogP contribution in [0.1, 0.15) is 6.30 Å². The largest absolute Gasteiger partial charge is 0.478 e.